The van der Waals surface area contributed by atoms with Gasteiger partial charge in [-0.05, 0) is 38.2 Å². The van der Waals surface area contributed by atoms with Crippen LogP contribution in [0.1, 0.15) is 38.2 Å². The van der Waals surface area contributed by atoms with E-state index >= 15 is 0 Å². The highest BCUT2D eigenvalue weighted by Gasteiger charge is 2.51. The van der Waals surface area contributed by atoms with Crippen LogP contribution in [0.5, 0.6) is 0 Å². The smallest absolute Gasteiger partial charge is 0.230 e. The van der Waals surface area contributed by atoms with Gasteiger partial charge in [0.05, 0.1) is 5.41 Å². The van der Waals surface area contributed by atoms with Crippen LogP contribution in [0.25, 0.3) is 0 Å². The van der Waals surface area contributed by atoms with Gasteiger partial charge in [0.2, 0.25) is 5.91 Å². The Morgan fingerprint density at radius 2 is 2.06 bits per heavy atom. The van der Waals surface area contributed by atoms with Gasteiger partial charge in [-0.25, -0.2) is 0 Å². The van der Waals surface area contributed by atoms with Crippen LogP contribution >= 0.6 is 15.9 Å². The first-order valence-corrected chi connectivity index (χ1v) is 7.73. The van der Waals surface area contributed by atoms with Gasteiger partial charge < -0.3 is 5.32 Å². The summed E-state index contributed by atoms with van der Waals surface area (Å²) in [7, 11) is 0. The molecule has 0 bridgehead atoms. The monoisotopic (exact) mass is 309 g/mol. The van der Waals surface area contributed by atoms with E-state index in [4.69, 9.17) is 0 Å². The van der Waals surface area contributed by atoms with E-state index < -0.39 is 0 Å². The first kappa shape index (κ1) is 13.6. The highest BCUT2D eigenvalue weighted by Crippen LogP contribution is 2.48. The number of hydrogen-bond donors (Lipinski definition) is 1. The number of carbonyl (C=O) groups is 1. The maximum absolute atomic E-state index is 12.4. The van der Waals surface area contributed by atoms with Crippen LogP contribution in [0, 0.1) is 0 Å². The van der Waals surface area contributed by atoms with Gasteiger partial charge in [0, 0.05) is 11.4 Å². The fourth-order valence-electron chi connectivity index (χ4n) is 2.35. The van der Waals surface area contributed by atoms with E-state index in [0.29, 0.717) is 0 Å². The molecule has 1 aliphatic carbocycles. The van der Waals surface area contributed by atoms with Crippen LogP contribution < -0.4 is 5.32 Å². The third-order valence-corrected chi connectivity index (χ3v) is 4.22. The number of amides is 1. The molecule has 2 nitrogen and oxygen atoms in total. The summed E-state index contributed by atoms with van der Waals surface area (Å²) in [5, 5.41) is 4.15. The minimum Gasteiger partial charge on any atom is -0.353 e. The lowest BCUT2D eigenvalue weighted by Crippen LogP contribution is -2.40. The lowest BCUT2D eigenvalue weighted by molar-refractivity contribution is -0.124. The van der Waals surface area contributed by atoms with Crippen LogP contribution in [-0.2, 0) is 10.2 Å². The summed E-state index contributed by atoms with van der Waals surface area (Å²) in [5.74, 6) is 0.204. The molecule has 1 atom stereocenters. The van der Waals surface area contributed by atoms with E-state index in [0.717, 1.165) is 36.6 Å². The maximum atomic E-state index is 12.4. The standard InChI is InChI=1S/C15H20BrNO/c1-12(6-5-11-16)17-14(18)15(9-10-15)13-7-3-2-4-8-13/h2-4,7-8,12H,5-6,9-11H2,1H3,(H,17,18). The highest BCUT2D eigenvalue weighted by atomic mass is 79.9. The molecule has 1 aliphatic rings. The molecule has 2 rings (SSSR count). The predicted molar refractivity (Wildman–Crippen MR) is 78.0 cm³/mol. The Labute approximate surface area is 117 Å². The fourth-order valence-corrected chi connectivity index (χ4v) is 2.67. The van der Waals surface area contributed by atoms with Crippen molar-refractivity contribution in [3.8, 4) is 0 Å². The van der Waals surface area contributed by atoms with Crippen molar-refractivity contribution < 1.29 is 4.79 Å². The summed E-state index contributed by atoms with van der Waals surface area (Å²) in [4.78, 5) is 12.4. The highest BCUT2D eigenvalue weighted by molar-refractivity contribution is 9.09. The van der Waals surface area contributed by atoms with Crippen LogP contribution in [0.4, 0.5) is 0 Å². The lowest BCUT2D eigenvalue weighted by atomic mass is 9.94. The van der Waals surface area contributed by atoms with Crippen molar-refractivity contribution >= 4 is 21.8 Å². The molecule has 98 valence electrons. The van der Waals surface area contributed by atoms with E-state index in [-0.39, 0.29) is 17.4 Å². The van der Waals surface area contributed by atoms with Crippen molar-refractivity contribution in [3.05, 3.63) is 35.9 Å². The molecule has 0 heterocycles. The summed E-state index contributed by atoms with van der Waals surface area (Å²) in [6, 6.07) is 10.4. The van der Waals surface area contributed by atoms with Crippen LogP contribution in [0.3, 0.4) is 0 Å². The summed E-state index contributed by atoms with van der Waals surface area (Å²) >= 11 is 3.42. The Kier molecular flexibility index (Phi) is 4.44. The normalized spacial score (nSPS) is 18.1. The molecular formula is C15H20BrNO. The summed E-state index contributed by atoms with van der Waals surface area (Å²) in [5.41, 5.74) is 0.930. The molecule has 1 aromatic carbocycles. The quantitative estimate of drug-likeness (QED) is 0.802. The van der Waals surface area contributed by atoms with Gasteiger partial charge in [-0.15, -0.1) is 0 Å². The predicted octanol–water partition coefficient (Wildman–Crippen LogP) is 3.40. The Hall–Kier alpha value is -0.830. The SMILES string of the molecule is CC(CCCBr)NC(=O)C1(c2ccccc2)CC1. The first-order valence-electron chi connectivity index (χ1n) is 6.61. The van der Waals surface area contributed by atoms with Crippen molar-refractivity contribution in [3.63, 3.8) is 0 Å². The second-order valence-electron chi connectivity index (χ2n) is 5.15. The number of carbonyl (C=O) groups excluding carboxylic acids is 1. The van der Waals surface area contributed by atoms with Gasteiger partial charge in [-0.1, -0.05) is 46.3 Å². The van der Waals surface area contributed by atoms with E-state index in [1.165, 1.54) is 0 Å². The molecule has 1 saturated carbocycles. The fraction of sp³-hybridized carbons (Fsp3) is 0.533. The molecular weight excluding hydrogens is 290 g/mol. The maximum Gasteiger partial charge on any atom is 0.230 e. The van der Waals surface area contributed by atoms with Gasteiger partial charge in [-0.3, -0.25) is 4.79 Å². The number of halogens is 1. The average Bonchev–Trinajstić information content (AvgIpc) is 3.19. The molecule has 1 N–H and O–H groups in total. The topological polar surface area (TPSA) is 29.1 Å². The van der Waals surface area contributed by atoms with Gasteiger partial charge in [-0.2, -0.15) is 0 Å². The second-order valence-corrected chi connectivity index (χ2v) is 5.95. The van der Waals surface area contributed by atoms with Crippen molar-refractivity contribution in [2.24, 2.45) is 0 Å². The number of benzene rings is 1. The molecule has 0 radical (unpaired) electrons. The molecule has 3 heteroatoms. The molecule has 0 spiro atoms. The van der Waals surface area contributed by atoms with Crippen LogP contribution in [-0.4, -0.2) is 17.3 Å². The van der Waals surface area contributed by atoms with Gasteiger partial charge in [0.25, 0.3) is 0 Å². The number of alkyl halides is 1. The summed E-state index contributed by atoms with van der Waals surface area (Å²) in [6.07, 6.45) is 4.09. The number of nitrogens with one attached hydrogen (secondary N) is 1. The summed E-state index contributed by atoms with van der Waals surface area (Å²) in [6.45, 7) is 2.08. The number of rotatable bonds is 6. The van der Waals surface area contributed by atoms with Crippen LogP contribution in [0.2, 0.25) is 0 Å². The lowest BCUT2D eigenvalue weighted by Gasteiger charge is -2.19. The zero-order chi connectivity index (χ0) is 13.0. The van der Waals surface area contributed by atoms with Crippen molar-refractivity contribution in [2.75, 3.05) is 5.33 Å². The Balaban J connectivity index is 1.97. The molecule has 1 unspecified atom stereocenters. The Bertz CT molecular complexity index is 400. The molecule has 1 fully saturated rings. The third-order valence-electron chi connectivity index (χ3n) is 3.66. The molecule has 0 aliphatic heterocycles. The third kappa shape index (κ3) is 2.94. The molecule has 1 aromatic rings. The minimum atomic E-state index is -0.232. The van der Waals surface area contributed by atoms with Gasteiger partial charge >= 0.3 is 0 Å². The Morgan fingerprint density at radius 3 is 2.61 bits per heavy atom. The van der Waals surface area contributed by atoms with Crippen molar-refractivity contribution in [2.45, 2.75) is 44.1 Å². The first-order chi connectivity index (χ1) is 8.69. The van der Waals surface area contributed by atoms with E-state index in [2.05, 4.69) is 40.3 Å². The molecule has 18 heavy (non-hydrogen) atoms. The van der Waals surface area contributed by atoms with Crippen LogP contribution in [0.15, 0.2) is 30.3 Å². The van der Waals surface area contributed by atoms with E-state index in [1.54, 1.807) is 0 Å². The summed E-state index contributed by atoms with van der Waals surface area (Å²) < 4.78 is 0. The van der Waals surface area contributed by atoms with Crippen molar-refractivity contribution in [1.82, 2.24) is 5.32 Å². The Morgan fingerprint density at radius 1 is 1.39 bits per heavy atom. The largest absolute Gasteiger partial charge is 0.353 e. The minimum absolute atomic E-state index is 0.204. The zero-order valence-corrected chi connectivity index (χ0v) is 12.4. The average molecular weight is 310 g/mol. The zero-order valence-electron chi connectivity index (χ0n) is 10.8. The van der Waals surface area contributed by atoms with Gasteiger partial charge in [0.1, 0.15) is 0 Å². The van der Waals surface area contributed by atoms with Gasteiger partial charge in [0.15, 0.2) is 0 Å². The second kappa shape index (κ2) is 5.87. The van der Waals surface area contributed by atoms with Crippen molar-refractivity contribution in [1.29, 1.82) is 0 Å². The molecule has 0 aromatic heterocycles. The molecule has 1 amide bonds. The number of hydrogen-bond acceptors (Lipinski definition) is 1. The van der Waals surface area contributed by atoms with E-state index in [1.807, 2.05) is 18.2 Å². The van der Waals surface area contributed by atoms with E-state index in [9.17, 15) is 4.79 Å². The molecule has 0 saturated heterocycles.